The number of rotatable bonds is 5. The Hall–Kier alpha value is -1.99. The van der Waals surface area contributed by atoms with Crippen molar-refractivity contribution in [3.8, 4) is 0 Å². The summed E-state index contributed by atoms with van der Waals surface area (Å²) in [5.74, 6) is -1.12. The van der Waals surface area contributed by atoms with Gasteiger partial charge in [-0.05, 0) is 18.6 Å². The molecule has 1 atom stereocenters. The van der Waals surface area contributed by atoms with Crippen LogP contribution in [0.5, 0.6) is 0 Å². The molecule has 110 valence electrons. The summed E-state index contributed by atoms with van der Waals surface area (Å²) < 4.78 is 5.18. The second-order valence-corrected chi connectivity index (χ2v) is 5.22. The van der Waals surface area contributed by atoms with Gasteiger partial charge in [0.25, 0.3) is 5.91 Å². The molecule has 0 saturated carbocycles. The summed E-state index contributed by atoms with van der Waals surface area (Å²) >= 11 is 7.10. The van der Waals surface area contributed by atoms with Gasteiger partial charge in [0, 0.05) is 17.8 Å². The summed E-state index contributed by atoms with van der Waals surface area (Å²) in [6, 6.07) is 3.06. The SMILES string of the molecule is CCC(OC(=O)c1cccnc1Cl)C(=O)Nc1nccs1. The lowest BCUT2D eigenvalue weighted by Gasteiger charge is -2.15. The number of thiazole rings is 1. The quantitative estimate of drug-likeness (QED) is 0.675. The monoisotopic (exact) mass is 325 g/mol. The molecule has 6 nitrogen and oxygen atoms in total. The zero-order valence-corrected chi connectivity index (χ0v) is 12.6. The highest BCUT2D eigenvalue weighted by Crippen LogP contribution is 2.16. The average molecular weight is 326 g/mol. The Morgan fingerprint density at radius 3 is 2.86 bits per heavy atom. The van der Waals surface area contributed by atoms with E-state index in [-0.39, 0.29) is 10.7 Å². The first-order valence-electron chi connectivity index (χ1n) is 6.13. The van der Waals surface area contributed by atoms with Crippen LogP contribution in [0.1, 0.15) is 23.7 Å². The molecule has 8 heteroatoms. The molecule has 1 amide bonds. The van der Waals surface area contributed by atoms with Gasteiger partial charge in [-0.2, -0.15) is 0 Å². The Bertz CT molecular complexity index is 633. The third-order valence-corrected chi connectivity index (χ3v) is 3.54. The van der Waals surface area contributed by atoms with Crippen LogP contribution in [0.3, 0.4) is 0 Å². The van der Waals surface area contributed by atoms with Gasteiger partial charge >= 0.3 is 5.97 Å². The van der Waals surface area contributed by atoms with Crippen LogP contribution in [0.2, 0.25) is 5.15 Å². The minimum absolute atomic E-state index is 0.0395. The van der Waals surface area contributed by atoms with Gasteiger partial charge in [-0.1, -0.05) is 18.5 Å². The maximum absolute atomic E-state index is 12.0. The van der Waals surface area contributed by atoms with Crippen molar-refractivity contribution in [2.45, 2.75) is 19.4 Å². The van der Waals surface area contributed by atoms with Crippen LogP contribution in [-0.4, -0.2) is 27.9 Å². The highest BCUT2D eigenvalue weighted by atomic mass is 35.5. The van der Waals surface area contributed by atoms with E-state index in [1.54, 1.807) is 24.6 Å². The molecule has 0 aliphatic heterocycles. The van der Waals surface area contributed by atoms with Crippen molar-refractivity contribution in [1.29, 1.82) is 0 Å². The van der Waals surface area contributed by atoms with E-state index in [1.807, 2.05) is 0 Å². The van der Waals surface area contributed by atoms with Crippen molar-refractivity contribution in [3.05, 3.63) is 40.6 Å². The number of esters is 1. The van der Waals surface area contributed by atoms with Crippen LogP contribution in [0.15, 0.2) is 29.9 Å². The Morgan fingerprint density at radius 2 is 2.24 bits per heavy atom. The summed E-state index contributed by atoms with van der Waals surface area (Å²) in [6.07, 6.45) is 2.45. The first kappa shape index (κ1) is 15.4. The molecule has 0 fully saturated rings. The molecule has 1 N–H and O–H groups in total. The molecule has 0 aromatic carbocycles. The predicted molar refractivity (Wildman–Crippen MR) is 79.5 cm³/mol. The molecular formula is C13H12ClN3O3S. The van der Waals surface area contributed by atoms with Gasteiger partial charge in [-0.15, -0.1) is 11.3 Å². The summed E-state index contributed by atoms with van der Waals surface area (Å²) in [4.78, 5) is 31.8. The van der Waals surface area contributed by atoms with E-state index in [0.717, 1.165) is 0 Å². The highest BCUT2D eigenvalue weighted by Gasteiger charge is 2.23. The molecule has 2 aromatic rings. The zero-order chi connectivity index (χ0) is 15.2. The normalized spacial score (nSPS) is 11.7. The van der Waals surface area contributed by atoms with E-state index < -0.39 is 18.0 Å². The summed E-state index contributed by atoms with van der Waals surface area (Å²) in [5.41, 5.74) is 0.125. The number of nitrogens with one attached hydrogen (secondary N) is 1. The van der Waals surface area contributed by atoms with Gasteiger partial charge in [-0.25, -0.2) is 14.8 Å². The number of hydrogen-bond donors (Lipinski definition) is 1. The van der Waals surface area contributed by atoms with Gasteiger partial charge in [-0.3, -0.25) is 10.1 Å². The molecule has 0 aliphatic carbocycles. The van der Waals surface area contributed by atoms with Crippen molar-refractivity contribution >= 4 is 39.9 Å². The number of ether oxygens (including phenoxy) is 1. The first-order chi connectivity index (χ1) is 10.1. The zero-order valence-electron chi connectivity index (χ0n) is 11.1. The molecule has 21 heavy (non-hydrogen) atoms. The smallest absolute Gasteiger partial charge is 0.342 e. The van der Waals surface area contributed by atoms with Crippen molar-refractivity contribution in [1.82, 2.24) is 9.97 Å². The van der Waals surface area contributed by atoms with Gasteiger partial charge in [0.15, 0.2) is 11.2 Å². The van der Waals surface area contributed by atoms with Crippen LogP contribution in [-0.2, 0) is 9.53 Å². The van der Waals surface area contributed by atoms with E-state index in [9.17, 15) is 9.59 Å². The number of carbonyl (C=O) groups excluding carboxylic acids is 2. The molecule has 0 radical (unpaired) electrons. The summed E-state index contributed by atoms with van der Waals surface area (Å²) in [6.45, 7) is 1.74. The van der Waals surface area contributed by atoms with Gasteiger partial charge in [0.2, 0.25) is 0 Å². The fourth-order valence-corrected chi connectivity index (χ4v) is 2.25. The molecule has 0 saturated heterocycles. The summed E-state index contributed by atoms with van der Waals surface area (Å²) in [7, 11) is 0. The van der Waals surface area contributed by atoms with Crippen molar-refractivity contribution < 1.29 is 14.3 Å². The van der Waals surface area contributed by atoms with E-state index in [2.05, 4.69) is 15.3 Å². The standard InChI is InChI=1S/C13H12ClN3O3S/c1-2-9(11(18)17-13-16-6-7-21-13)20-12(19)8-4-3-5-15-10(8)14/h3-7,9H,2H2,1H3,(H,16,17,18). The number of anilines is 1. The lowest BCUT2D eigenvalue weighted by Crippen LogP contribution is -2.32. The second kappa shape index (κ2) is 7.14. The van der Waals surface area contributed by atoms with Gasteiger partial charge in [0.1, 0.15) is 5.15 Å². The maximum atomic E-state index is 12.0. The minimum atomic E-state index is -0.919. The fourth-order valence-electron chi connectivity index (χ4n) is 1.52. The van der Waals surface area contributed by atoms with Gasteiger partial charge < -0.3 is 4.74 Å². The number of pyridine rings is 1. The number of halogens is 1. The third kappa shape index (κ3) is 3.99. The van der Waals surface area contributed by atoms with Crippen LogP contribution in [0.25, 0.3) is 0 Å². The number of aromatic nitrogens is 2. The molecular weight excluding hydrogens is 314 g/mol. The molecule has 0 spiro atoms. The van der Waals surface area contributed by atoms with E-state index >= 15 is 0 Å². The Kier molecular flexibility index (Phi) is 5.24. The van der Waals surface area contributed by atoms with Crippen molar-refractivity contribution in [2.75, 3.05) is 5.32 Å². The van der Waals surface area contributed by atoms with Crippen molar-refractivity contribution in [3.63, 3.8) is 0 Å². The first-order valence-corrected chi connectivity index (χ1v) is 7.39. The number of amides is 1. The lowest BCUT2D eigenvalue weighted by atomic mass is 10.2. The Morgan fingerprint density at radius 1 is 1.43 bits per heavy atom. The molecule has 0 aliphatic rings. The number of carbonyl (C=O) groups is 2. The fraction of sp³-hybridized carbons (Fsp3) is 0.231. The average Bonchev–Trinajstić information content (AvgIpc) is 2.97. The molecule has 1 unspecified atom stereocenters. The number of nitrogens with zero attached hydrogens (tertiary/aromatic N) is 2. The Balaban J connectivity index is 2.03. The molecule has 2 aromatic heterocycles. The molecule has 0 bridgehead atoms. The largest absolute Gasteiger partial charge is 0.449 e. The van der Waals surface area contributed by atoms with Gasteiger partial charge in [0.05, 0.1) is 5.56 Å². The van der Waals surface area contributed by atoms with Crippen LogP contribution < -0.4 is 5.32 Å². The highest BCUT2D eigenvalue weighted by molar-refractivity contribution is 7.13. The topological polar surface area (TPSA) is 81.2 Å². The van der Waals surface area contributed by atoms with Crippen LogP contribution in [0.4, 0.5) is 5.13 Å². The Labute approximate surface area is 130 Å². The van der Waals surface area contributed by atoms with Crippen LogP contribution >= 0.6 is 22.9 Å². The maximum Gasteiger partial charge on any atom is 0.342 e. The third-order valence-electron chi connectivity index (χ3n) is 2.55. The van der Waals surface area contributed by atoms with E-state index in [0.29, 0.717) is 11.6 Å². The minimum Gasteiger partial charge on any atom is -0.449 e. The van der Waals surface area contributed by atoms with E-state index in [1.165, 1.54) is 23.6 Å². The van der Waals surface area contributed by atoms with Crippen molar-refractivity contribution in [2.24, 2.45) is 0 Å². The molecule has 2 heterocycles. The van der Waals surface area contributed by atoms with E-state index in [4.69, 9.17) is 16.3 Å². The second-order valence-electron chi connectivity index (χ2n) is 3.97. The summed E-state index contributed by atoms with van der Waals surface area (Å²) in [5, 5.41) is 4.81. The number of hydrogen-bond acceptors (Lipinski definition) is 6. The molecule has 2 rings (SSSR count). The lowest BCUT2D eigenvalue weighted by molar-refractivity contribution is -0.124. The predicted octanol–water partition coefficient (Wildman–Crippen LogP) is 2.77. The van der Waals surface area contributed by atoms with Crippen LogP contribution in [0, 0.1) is 0 Å².